The van der Waals surface area contributed by atoms with Gasteiger partial charge in [0.2, 0.25) is 15.0 Å². The Bertz CT molecular complexity index is 530. The van der Waals surface area contributed by atoms with E-state index < -0.39 is 9.84 Å². The lowest BCUT2D eigenvalue weighted by Gasteiger charge is -2.22. The molecule has 19 heavy (non-hydrogen) atoms. The first kappa shape index (κ1) is 14.5. The molecule has 2 rings (SSSR count). The molecule has 0 aliphatic carbocycles. The average molecular weight is 287 g/mol. The molecular formula is C12H21N3O3S. The van der Waals surface area contributed by atoms with E-state index in [0.29, 0.717) is 12.4 Å². The monoisotopic (exact) mass is 287 g/mol. The molecule has 0 amide bonds. The van der Waals surface area contributed by atoms with Crippen LogP contribution in [0.5, 0.6) is 0 Å². The third kappa shape index (κ3) is 3.14. The molecule has 1 atom stereocenters. The van der Waals surface area contributed by atoms with Gasteiger partial charge in [0.15, 0.2) is 0 Å². The van der Waals surface area contributed by atoms with E-state index in [1.165, 1.54) is 0 Å². The third-order valence-electron chi connectivity index (χ3n) is 3.34. The standard InChI is InChI=1S/C12H21N3O3S/c1-9(2)11-13-14-12(15(11)3)19(16,17)8-10-6-4-5-7-18-10/h9-10H,4-8H2,1-3H3/t10-/m0/s1. The van der Waals surface area contributed by atoms with Gasteiger partial charge in [0.1, 0.15) is 5.82 Å². The fourth-order valence-electron chi connectivity index (χ4n) is 2.36. The SMILES string of the molecule is CC(C)c1nnc(S(=O)(=O)C[C@@H]2CCCCO2)n1C. The number of aromatic nitrogens is 3. The van der Waals surface area contributed by atoms with Gasteiger partial charge in [0, 0.05) is 19.6 Å². The number of hydrogen-bond acceptors (Lipinski definition) is 5. The highest BCUT2D eigenvalue weighted by Crippen LogP contribution is 2.20. The van der Waals surface area contributed by atoms with Crippen molar-refractivity contribution in [3.05, 3.63) is 5.82 Å². The van der Waals surface area contributed by atoms with Crippen LogP contribution in [0.1, 0.15) is 44.9 Å². The molecule has 1 saturated heterocycles. The number of nitrogens with zero attached hydrogens (tertiary/aromatic N) is 3. The maximum absolute atomic E-state index is 12.4. The summed E-state index contributed by atoms with van der Waals surface area (Å²) in [6.07, 6.45) is 2.63. The number of rotatable bonds is 4. The summed E-state index contributed by atoms with van der Waals surface area (Å²) in [4.78, 5) is 0. The van der Waals surface area contributed by atoms with Crippen molar-refractivity contribution in [3.8, 4) is 0 Å². The highest BCUT2D eigenvalue weighted by Gasteiger charge is 2.28. The quantitative estimate of drug-likeness (QED) is 0.834. The van der Waals surface area contributed by atoms with Crippen LogP contribution in [-0.4, -0.2) is 41.6 Å². The van der Waals surface area contributed by atoms with E-state index in [1.54, 1.807) is 11.6 Å². The summed E-state index contributed by atoms with van der Waals surface area (Å²) >= 11 is 0. The summed E-state index contributed by atoms with van der Waals surface area (Å²) in [5.74, 6) is 0.826. The zero-order valence-corrected chi connectivity index (χ0v) is 12.5. The molecule has 0 spiro atoms. The smallest absolute Gasteiger partial charge is 0.249 e. The number of ether oxygens (including phenoxy) is 1. The number of hydrogen-bond donors (Lipinski definition) is 0. The van der Waals surface area contributed by atoms with E-state index in [1.807, 2.05) is 13.8 Å². The fraction of sp³-hybridized carbons (Fsp3) is 0.833. The second kappa shape index (κ2) is 5.58. The topological polar surface area (TPSA) is 74.1 Å². The van der Waals surface area contributed by atoms with E-state index in [-0.39, 0.29) is 22.9 Å². The van der Waals surface area contributed by atoms with Gasteiger partial charge in [-0.25, -0.2) is 8.42 Å². The van der Waals surface area contributed by atoms with Crippen LogP contribution in [0.15, 0.2) is 5.16 Å². The Kier molecular flexibility index (Phi) is 4.25. The molecule has 0 saturated carbocycles. The van der Waals surface area contributed by atoms with Gasteiger partial charge in [-0.1, -0.05) is 13.8 Å². The van der Waals surface area contributed by atoms with Gasteiger partial charge >= 0.3 is 0 Å². The lowest BCUT2D eigenvalue weighted by molar-refractivity contribution is 0.0304. The molecular weight excluding hydrogens is 266 g/mol. The minimum absolute atomic E-state index is 0.00291. The fourth-order valence-corrected chi connectivity index (χ4v) is 3.94. The minimum atomic E-state index is -3.44. The van der Waals surface area contributed by atoms with Crippen LogP contribution in [0.4, 0.5) is 0 Å². The van der Waals surface area contributed by atoms with Crippen LogP contribution >= 0.6 is 0 Å². The predicted molar refractivity (Wildman–Crippen MR) is 70.7 cm³/mol. The average Bonchev–Trinajstić information content (AvgIpc) is 2.72. The van der Waals surface area contributed by atoms with Crippen LogP contribution in [0.3, 0.4) is 0 Å². The van der Waals surface area contributed by atoms with Crippen molar-refractivity contribution >= 4 is 9.84 Å². The summed E-state index contributed by atoms with van der Waals surface area (Å²) in [6, 6.07) is 0. The van der Waals surface area contributed by atoms with Crippen molar-refractivity contribution in [1.82, 2.24) is 14.8 Å². The largest absolute Gasteiger partial charge is 0.377 e. The van der Waals surface area contributed by atoms with Gasteiger partial charge in [-0.3, -0.25) is 0 Å². The molecule has 0 unspecified atom stereocenters. The molecule has 0 radical (unpaired) electrons. The second-order valence-corrected chi connectivity index (χ2v) is 7.25. The Hall–Kier alpha value is -0.950. The first-order valence-electron chi connectivity index (χ1n) is 6.65. The van der Waals surface area contributed by atoms with Crippen molar-refractivity contribution in [2.75, 3.05) is 12.4 Å². The molecule has 7 heteroatoms. The summed E-state index contributed by atoms with van der Waals surface area (Å²) in [7, 11) is -1.74. The summed E-state index contributed by atoms with van der Waals surface area (Å²) in [5.41, 5.74) is 0. The van der Waals surface area contributed by atoms with E-state index in [9.17, 15) is 8.42 Å². The van der Waals surface area contributed by atoms with Crippen molar-refractivity contribution in [1.29, 1.82) is 0 Å². The molecule has 108 valence electrons. The van der Waals surface area contributed by atoms with Gasteiger partial charge < -0.3 is 9.30 Å². The first-order valence-corrected chi connectivity index (χ1v) is 8.30. The Morgan fingerprint density at radius 2 is 2.11 bits per heavy atom. The minimum Gasteiger partial charge on any atom is -0.377 e. The molecule has 6 nitrogen and oxygen atoms in total. The van der Waals surface area contributed by atoms with Crippen LogP contribution in [0.2, 0.25) is 0 Å². The molecule has 1 fully saturated rings. The normalized spacial score (nSPS) is 20.9. The van der Waals surface area contributed by atoms with Crippen molar-refractivity contribution in [3.63, 3.8) is 0 Å². The molecule has 0 bridgehead atoms. The Balaban J connectivity index is 2.19. The molecule has 2 heterocycles. The molecule has 1 aliphatic heterocycles. The Labute approximate surface area is 114 Å². The van der Waals surface area contributed by atoms with Crippen molar-refractivity contribution < 1.29 is 13.2 Å². The predicted octanol–water partition coefficient (Wildman–Crippen LogP) is 1.28. The zero-order valence-electron chi connectivity index (χ0n) is 11.7. The summed E-state index contributed by atoms with van der Waals surface area (Å²) < 4.78 is 31.8. The molecule has 1 aliphatic rings. The van der Waals surface area contributed by atoms with Crippen LogP contribution in [0.25, 0.3) is 0 Å². The van der Waals surface area contributed by atoms with E-state index in [2.05, 4.69) is 10.2 Å². The van der Waals surface area contributed by atoms with Crippen LogP contribution in [0, 0.1) is 0 Å². The van der Waals surface area contributed by atoms with E-state index >= 15 is 0 Å². The maximum atomic E-state index is 12.4. The van der Waals surface area contributed by atoms with Crippen molar-refractivity contribution in [2.24, 2.45) is 7.05 Å². The third-order valence-corrected chi connectivity index (χ3v) is 5.06. The van der Waals surface area contributed by atoms with E-state index in [0.717, 1.165) is 19.3 Å². The lowest BCUT2D eigenvalue weighted by atomic mass is 10.1. The summed E-state index contributed by atoms with van der Waals surface area (Å²) in [5, 5.41) is 7.86. The molecule has 1 aromatic heterocycles. The number of sulfone groups is 1. The van der Waals surface area contributed by atoms with Gasteiger partial charge in [0.25, 0.3) is 0 Å². The zero-order chi connectivity index (χ0) is 14.0. The Morgan fingerprint density at radius 3 is 2.63 bits per heavy atom. The highest BCUT2D eigenvalue weighted by atomic mass is 32.2. The molecule has 0 aromatic carbocycles. The van der Waals surface area contributed by atoms with Gasteiger partial charge in [-0.2, -0.15) is 0 Å². The Morgan fingerprint density at radius 1 is 1.37 bits per heavy atom. The van der Waals surface area contributed by atoms with Gasteiger partial charge in [0.05, 0.1) is 11.9 Å². The maximum Gasteiger partial charge on any atom is 0.249 e. The summed E-state index contributed by atoms with van der Waals surface area (Å²) in [6.45, 7) is 4.57. The highest BCUT2D eigenvalue weighted by molar-refractivity contribution is 7.91. The van der Waals surface area contributed by atoms with E-state index in [4.69, 9.17) is 4.74 Å². The van der Waals surface area contributed by atoms with Gasteiger partial charge in [-0.15, -0.1) is 10.2 Å². The lowest BCUT2D eigenvalue weighted by Crippen LogP contribution is -2.29. The molecule has 0 N–H and O–H groups in total. The van der Waals surface area contributed by atoms with Gasteiger partial charge in [-0.05, 0) is 19.3 Å². The first-order chi connectivity index (χ1) is 8.92. The van der Waals surface area contributed by atoms with Crippen LogP contribution < -0.4 is 0 Å². The molecule has 1 aromatic rings. The van der Waals surface area contributed by atoms with Crippen molar-refractivity contribution in [2.45, 2.75) is 50.3 Å². The second-order valence-electron chi connectivity index (χ2n) is 5.32. The van der Waals surface area contributed by atoms with Crippen LogP contribution in [-0.2, 0) is 21.6 Å².